The van der Waals surface area contributed by atoms with E-state index in [1.165, 1.54) is 0 Å². The number of hydrogen-bond donors (Lipinski definition) is 0. The summed E-state index contributed by atoms with van der Waals surface area (Å²) in [6, 6.07) is 7.67. The molecule has 0 atom stereocenters. The van der Waals surface area contributed by atoms with Gasteiger partial charge >= 0.3 is 5.97 Å². The fourth-order valence-electron chi connectivity index (χ4n) is 1.68. The zero-order valence-electron chi connectivity index (χ0n) is 9.16. The molecule has 0 N–H and O–H groups in total. The van der Waals surface area contributed by atoms with Gasteiger partial charge in [0.05, 0.1) is 11.3 Å². The van der Waals surface area contributed by atoms with Gasteiger partial charge in [-0.2, -0.15) is 0 Å². The molecule has 16 heavy (non-hydrogen) atoms. The summed E-state index contributed by atoms with van der Waals surface area (Å²) in [5.74, 6) is -0.248. The molecule has 0 unspecified atom stereocenters. The molecule has 0 aliphatic carbocycles. The molecule has 1 aromatic carbocycles. The summed E-state index contributed by atoms with van der Waals surface area (Å²) < 4.78 is 6.02. The smallest absolute Gasteiger partial charge is 0.341 e. The minimum atomic E-state index is -0.248. The quantitative estimate of drug-likeness (QED) is 0.779. The lowest BCUT2D eigenvalue weighted by molar-refractivity contribution is -0.134. The summed E-state index contributed by atoms with van der Waals surface area (Å²) in [5, 5.41) is 0. The number of rotatable bonds is 2. The number of benzene rings is 1. The lowest BCUT2D eigenvalue weighted by Crippen LogP contribution is -2.13. The molecule has 1 aromatic rings. The third kappa shape index (κ3) is 1.97. The maximum atomic E-state index is 11.7. The summed E-state index contributed by atoms with van der Waals surface area (Å²) in [6.45, 7) is 0.355. The highest BCUT2D eigenvalue weighted by Crippen LogP contribution is 2.28. The second-order valence-electron chi connectivity index (χ2n) is 3.80. The van der Waals surface area contributed by atoms with Crippen LogP contribution in [0.15, 0.2) is 34.4 Å². The number of ether oxygens (including phenoxy) is 1. The number of carbonyl (C=O) groups is 1. The molecule has 4 heteroatoms. The number of cyclic esters (lactones) is 1. The van der Waals surface area contributed by atoms with Gasteiger partial charge in [-0.25, -0.2) is 4.79 Å². The molecule has 1 aliphatic heterocycles. The van der Waals surface area contributed by atoms with Gasteiger partial charge in [-0.1, -0.05) is 28.1 Å². The zero-order chi connectivity index (χ0) is 11.7. The van der Waals surface area contributed by atoms with Gasteiger partial charge in [-0.3, -0.25) is 0 Å². The van der Waals surface area contributed by atoms with Gasteiger partial charge in [0.1, 0.15) is 6.61 Å². The summed E-state index contributed by atoms with van der Waals surface area (Å²) in [4.78, 5) is 13.6. The maximum absolute atomic E-state index is 11.7. The molecular weight excluding hydrogens is 270 g/mol. The van der Waals surface area contributed by atoms with Crippen LogP contribution in [0.5, 0.6) is 0 Å². The molecule has 0 radical (unpaired) electrons. The van der Waals surface area contributed by atoms with Crippen LogP contribution in [-0.4, -0.2) is 31.6 Å². The van der Waals surface area contributed by atoms with Crippen molar-refractivity contribution in [2.45, 2.75) is 0 Å². The average molecular weight is 282 g/mol. The van der Waals surface area contributed by atoms with Crippen LogP contribution < -0.4 is 0 Å². The van der Waals surface area contributed by atoms with Crippen LogP contribution in [-0.2, 0) is 9.53 Å². The van der Waals surface area contributed by atoms with Crippen LogP contribution in [0.25, 0.3) is 5.57 Å². The van der Waals surface area contributed by atoms with Gasteiger partial charge in [0.25, 0.3) is 0 Å². The van der Waals surface area contributed by atoms with E-state index in [2.05, 4.69) is 15.9 Å². The maximum Gasteiger partial charge on any atom is 0.341 e. The monoisotopic (exact) mass is 281 g/mol. The molecule has 0 amide bonds. The second-order valence-corrected chi connectivity index (χ2v) is 4.72. The minimum Gasteiger partial charge on any atom is -0.456 e. The highest BCUT2D eigenvalue weighted by atomic mass is 79.9. The first-order valence-corrected chi connectivity index (χ1v) is 5.72. The Kier molecular flexibility index (Phi) is 3.01. The van der Waals surface area contributed by atoms with Gasteiger partial charge in [0.15, 0.2) is 0 Å². The van der Waals surface area contributed by atoms with E-state index in [4.69, 9.17) is 4.74 Å². The Morgan fingerprint density at radius 2 is 2.12 bits per heavy atom. The van der Waals surface area contributed by atoms with Gasteiger partial charge in [0, 0.05) is 18.6 Å². The van der Waals surface area contributed by atoms with E-state index in [1.807, 2.05) is 43.3 Å². The van der Waals surface area contributed by atoms with Gasteiger partial charge < -0.3 is 9.64 Å². The predicted octanol–water partition coefficient (Wildman–Crippen LogP) is 2.28. The van der Waals surface area contributed by atoms with Crippen LogP contribution in [0, 0.1) is 0 Å². The molecular formula is C12H12BrNO2. The average Bonchev–Trinajstić information content (AvgIpc) is 2.60. The van der Waals surface area contributed by atoms with Crippen molar-refractivity contribution in [1.29, 1.82) is 0 Å². The Morgan fingerprint density at radius 1 is 1.38 bits per heavy atom. The van der Waals surface area contributed by atoms with E-state index in [9.17, 15) is 4.79 Å². The van der Waals surface area contributed by atoms with E-state index in [1.54, 1.807) is 0 Å². The van der Waals surface area contributed by atoms with Crippen molar-refractivity contribution in [1.82, 2.24) is 4.90 Å². The number of likely N-dealkylation sites (N-methyl/N-ethyl adjacent to an activating group) is 1. The SMILES string of the molecule is CN(C)C1=C(c2cccc(Br)c2)C(=O)OC1. The number of halogens is 1. The zero-order valence-corrected chi connectivity index (χ0v) is 10.7. The number of nitrogens with zero attached hydrogens (tertiary/aromatic N) is 1. The molecule has 0 saturated carbocycles. The Hall–Kier alpha value is -1.29. The van der Waals surface area contributed by atoms with Crippen LogP contribution in [0.2, 0.25) is 0 Å². The van der Waals surface area contributed by atoms with Gasteiger partial charge in [-0.05, 0) is 17.7 Å². The fourth-order valence-corrected chi connectivity index (χ4v) is 2.08. The van der Waals surface area contributed by atoms with Crippen molar-refractivity contribution in [3.05, 3.63) is 40.0 Å². The largest absolute Gasteiger partial charge is 0.456 e. The lowest BCUT2D eigenvalue weighted by Gasteiger charge is -2.13. The normalized spacial score (nSPS) is 15.3. The van der Waals surface area contributed by atoms with Gasteiger partial charge in [-0.15, -0.1) is 0 Å². The number of esters is 1. The van der Waals surface area contributed by atoms with Crippen molar-refractivity contribution in [2.24, 2.45) is 0 Å². The van der Waals surface area contributed by atoms with E-state index in [0.717, 1.165) is 15.7 Å². The molecule has 3 nitrogen and oxygen atoms in total. The summed E-state index contributed by atoms with van der Waals surface area (Å²) in [5.41, 5.74) is 2.47. The molecule has 0 saturated heterocycles. The van der Waals surface area contributed by atoms with E-state index in [-0.39, 0.29) is 5.97 Å². The van der Waals surface area contributed by atoms with Crippen molar-refractivity contribution in [3.63, 3.8) is 0 Å². The molecule has 84 valence electrons. The van der Waals surface area contributed by atoms with E-state index in [0.29, 0.717) is 12.2 Å². The second kappa shape index (κ2) is 4.29. The third-order valence-corrected chi connectivity index (χ3v) is 2.98. The Labute approximate surface area is 103 Å². The summed E-state index contributed by atoms with van der Waals surface area (Å²) in [7, 11) is 3.82. The highest BCUT2D eigenvalue weighted by Gasteiger charge is 2.27. The summed E-state index contributed by atoms with van der Waals surface area (Å²) in [6.07, 6.45) is 0. The van der Waals surface area contributed by atoms with Crippen LogP contribution in [0.3, 0.4) is 0 Å². The first kappa shape index (κ1) is 11.2. The molecule has 0 bridgehead atoms. The van der Waals surface area contributed by atoms with Gasteiger partial charge in [0.2, 0.25) is 0 Å². The molecule has 0 aromatic heterocycles. The molecule has 0 fully saturated rings. The Morgan fingerprint density at radius 3 is 2.75 bits per heavy atom. The predicted molar refractivity (Wildman–Crippen MR) is 65.7 cm³/mol. The van der Waals surface area contributed by atoms with Crippen LogP contribution in [0.1, 0.15) is 5.56 Å². The minimum absolute atomic E-state index is 0.248. The summed E-state index contributed by atoms with van der Waals surface area (Å²) >= 11 is 3.40. The van der Waals surface area contributed by atoms with E-state index >= 15 is 0 Å². The Bertz CT molecular complexity index is 466. The highest BCUT2D eigenvalue weighted by molar-refractivity contribution is 9.10. The molecule has 1 heterocycles. The topological polar surface area (TPSA) is 29.5 Å². The fraction of sp³-hybridized carbons (Fsp3) is 0.250. The van der Waals surface area contributed by atoms with Crippen molar-refractivity contribution < 1.29 is 9.53 Å². The third-order valence-electron chi connectivity index (χ3n) is 2.49. The standard InChI is InChI=1S/C12H12BrNO2/c1-14(2)10-7-16-12(15)11(10)8-4-3-5-9(13)6-8/h3-6H,7H2,1-2H3. The molecule has 1 aliphatic rings. The first-order chi connectivity index (χ1) is 7.59. The van der Waals surface area contributed by atoms with Crippen molar-refractivity contribution in [3.8, 4) is 0 Å². The van der Waals surface area contributed by atoms with E-state index < -0.39 is 0 Å². The van der Waals surface area contributed by atoms with Crippen LogP contribution >= 0.6 is 15.9 Å². The molecule has 2 rings (SSSR count). The Balaban J connectivity index is 2.52. The number of carbonyl (C=O) groups excluding carboxylic acids is 1. The van der Waals surface area contributed by atoms with Crippen molar-refractivity contribution >= 4 is 27.5 Å². The first-order valence-electron chi connectivity index (χ1n) is 4.93. The van der Waals surface area contributed by atoms with Crippen LogP contribution in [0.4, 0.5) is 0 Å². The molecule has 0 spiro atoms. The number of hydrogen-bond acceptors (Lipinski definition) is 3. The van der Waals surface area contributed by atoms with Crippen molar-refractivity contribution in [2.75, 3.05) is 20.7 Å². The lowest BCUT2D eigenvalue weighted by atomic mass is 10.1.